The predicted molar refractivity (Wildman–Crippen MR) is 111 cm³/mol. The summed E-state index contributed by atoms with van der Waals surface area (Å²) < 4.78 is 36.8. The smallest absolute Gasteiger partial charge is 0.344 e. The Kier molecular flexibility index (Phi) is 6.50. The van der Waals surface area contributed by atoms with Gasteiger partial charge < -0.3 is 18.9 Å². The molecule has 1 aromatic heterocycles. The molecule has 0 atom stereocenters. The minimum Gasteiger partial charge on any atom is -0.482 e. The van der Waals surface area contributed by atoms with Gasteiger partial charge in [-0.3, -0.25) is 0 Å². The molecule has 0 unspecified atom stereocenters. The fraction of sp³-hybridized carbons (Fsp3) is 0.550. The number of aromatic amines is 1. The average Bonchev–Trinajstić information content (AvgIpc) is 3.05. The van der Waals surface area contributed by atoms with E-state index < -0.39 is 10.0 Å². The van der Waals surface area contributed by atoms with Crippen LogP contribution in [0.2, 0.25) is 0 Å². The standard InChI is InChI=1S/C20H29N3O5S/c1-23(13-10-21-29(3,25)26)11-8-15(9-12-23)14-28-20(24)18-16-6-4-5-7-17(16)22-19(18)27-2/h4-7,15,21H,8-14H2,1-3H3/p+1. The number of quaternary nitrogens is 1. The number of carbonyl (C=O) groups excluding carboxylic acids is 1. The van der Waals surface area contributed by atoms with Gasteiger partial charge in [-0.05, 0) is 6.07 Å². The van der Waals surface area contributed by atoms with Gasteiger partial charge in [-0.2, -0.15) is 0 Å². The molecule has 1 aliphatic rings. The number of sulfonamides is 1. The highest BCUT2D eigenvalue weighted by atomic mass is 32.2. The molecule has 1 saturated heterocycles. The Morgan fingerprint density at radius 1 is 1.28 bits per heavy atom. The van der Waals surface area contributed by atoms with Gasteiger partial charge in [-0.1, -0.05) is 18.2 Å². The zero-order chi connectivity index (χ0) is 21.1. The second-order valence-corrected chi connectivity index (χ2v) is 9.91. The number of fused-ring (bicyclic) bond motifs is 1. The quantitative estimate of drug-likeness (QED) is 0.497. The lowest BCUT2D eigenvalue weighted by Crippen LogP contribution is -2.53. The number of H-pyrrole nitrogens is 1. The largest absolute Gasteiger partial charge is 0.482 e. The number of methoxy groups -OCH3 is 1. The van der Waals surface area contributed by atoms with Crippen molar-refractivity contribution in [3.63, 3.8) is 0 Å². The lowest BCUT2D eigenvalue weighted by molar-refractivity contribution is -0.914. The van der Waals surface area contributed by atoms with Crippen molar-refractivity contribution in [2.45, 2.75) is 12.8 Å². The first kappa shape index (κ1) is 21.6. The fourth-order valence-corrected chi connectivity index (χ4v) is 4.34. The number of rotatable bonds is 8. The van der Waals surface area contributed by atoms with Crippen LogP contribution in [0.4, 0.5) is 0 Å². The van der Waals surface area contributed by atoms with Gasteiger partial charge in [0.2, 0.25) is 15.9 Å². The number of hydrogen-bond acceptors (Lipinski definition) is 5. The van der Waals surface area contributed by atoms with Crippen LogP contribution in [-0.4, -0.2) is 77.1 Å². The van der Waals surface area contributed by atoms with E-state index in [0.717, 1.165) is 47.9 Å². The monoisotopic (exact) mass is 424 g/mol. The van der Waals surface area contributed by atoms with Crippen LogP contribution in [0.15, 0.2) is 24.3 Å². The number of nitrogens with zero attached hydrogens (tertiary/aromatic N) is 1. The summed E-state index contributed by atoms with van der Waals surface area (Å²) in [5.74, 6) is 0.353. The maximum absolute atomic E-state index is 12.7. The third kappa shape index (κ3) is 5.49. The molecule has 0 radical (unpaired) electrons. The molecule has 3 rings (SSSR count). The number of nitrogens with one attached hydrogen (secondary N) is 2. The number of para-hydroxylation sites is 1. The number of esters is 1. The maximum Gasteiger partial charge on any atom is 0.344 e. The summed E-state index contributed by atoms with van der Waals surface area (Å²) >= 11 is 0. The molecule has 0 saturated carbocycles. The maximum atomic E-state index is 12.7. The minimum atomic E-state index is -3.15. The molecule has 8 nitrogen and oxygen atoms in total. The molecule has 1 fully saturated rings. The van der Waals surface area contributed by atoms with E-state index in [-0.39, 0.29) is 5.97 Å². The van der Waals surface area contributed by atoms with Gasteiger partial charge in [0.25, 0.3) is 0 Å². The van der Waals surface area contributed by atoms with Gasteiger partial charge >= 0.3 is 5.97 Å². The Morgan fingerprint density at radius 3 is 2.62 bits per heavy atom. The van der Waals surface area contributed by atoms with E-state index >= 15 is 0 Å². The zero-order valence-corrected chi connectivity index (χ0v) is 18.0. The SMILES string of the molecule is COc1[nH]c2ccccc2c1C(=O)OCC1CC[N+](C)(CCNS(C)(=O)=O)CC1. The van der Waals surface area contributed by atoms with E-state index in [0.29, 0.717) is 30.5 Å². The van der Waals surface area contributed by atoms with Gasteiger partial charge in [0.15, 0.2) is 0 Å². The van der Waals surface area contributed by atoms with Crippen LogP contribution in [0.3, 0.4) is 0 Å². The molecular formula is C20H30N3O5S+. The fourth-order valence-electron chi connectivity index (χ4n) is 3.87. The van der Waals surface area contributed by atoms with E-state index in [1.165, 1.54) is 13.4 Å². The summed E-state index contributed by atoms with van der Waals surface area (Å²) in [5, 5.41) is 0.792. The molecule has 2 aromatic rings. The molecular weight excluding hydrogens is 394 g/mol. The van der Waals surface area contributed by atoms with Gasteiger partial charge in [0.05, 0.1) is 53.2 Å². The van der Waals surface area contributed by atoms with Crippen LogP contribution < -0.4 is 9.46 Å². The Bertz CT molecular complexity index is 962. The first-order chi connectivity index (χ1) is 13.7. The average molecular weight is 425 g/mol. The van der Waals surface area contributed by atoms with Crippen LogP contribution in [0.25, 0.3) is 10.9 Å². The van der Waals surface area contributed by atoms with Gasteiger partial charge in [-0.15, -0.1) is 0 Å². The Balaban J connectivity index is 1.52. The molecule has 0 spiro atoms. The predicted octanol–water partition coefficient (Wildman–Crippen LogP) is 1.74. The third-order valence-electron chi connectivity index (χ3n) is 5.70. The van der Waals surface area contributed by atoms with Gasteiger partial charge in [0.1, 0.15) is 5.56 Å². The highest BCUT2D eigenvalue weighted by Crippen LogP contribution is 2.29. The molecule has 1 aromatic carbocycles. The van der Waals surface area contributed by atoms with Crippen molar-refractivity contribution in [2.24, 2.45) is 5.92 Å². The molecule has 2 N–H and O–H groups in total. The summed E-state index contributed by atoms with van der Waals surface area (Å²) in [7, 11) is 0.516. The Labute approximate surface area is 171 Å². The van der Waals surface area contributed by atoms with E-state index in [1.807, 2.05) is 24.3 Å². The van der Waals surface area contributed by atoms with Crippen molar-refractivity contribution in [1.29, 1.82) is 0 Å². The highest BCUT2D eigenvalue weighted by Gasteiger charge is 2.31. The van der Waals surface area contributed by atoms with E-state index in [2.05, 4.69) is 16.8 Å². The topological polar surface area (TPSA) is 97.5 Å². The van der Waals surface area contributed by atoms with Crippen LogP contribution >= 0.6 is 0 Å². The lowest BCUT2D eigenvalue weighted by Gasteiger charge is -2.40. The van der Waals surface area contributed by atoms with E-state index in [4.69, 9.17) is 9.47 Å². The van der Waals surface area contributed by atoms with Crippen molar-refractivity contribution in [2.75, 3.05) is 53.2 Å². The molecule has 29 heavy (non-hydrogen) atoms. The van der Waals surface area contributed by atoms with Crippen LogP contribution in [0, 0.1) is 5.92 Å². The van der Waals surface area contributed by atoms with E-state index in [9.17, 15) is 13.2 Å². The number of piperidine rings is 1. The molecule has 2 heterocycles. The lowest BCUT2D eigenvalue weighted by atomic mass is 9.96. The molecule has 0 aliphatic carbocycles. The Hall–Kier alpha value is -2.10. The van der Waals surface area contributed by atoms with Crippen LogP contribution in [0.1, 0.15) is 23.2 Å². The van der Waals surface area contributed by atoms with Crippen molar-refractivity contribution in [1.82, 2.24) is 9.71 Å². The van der Waals surface area contributed by atoms with Gasteiger partial charge in [0, 0.05) is 29.7 Å². The minimum absolute atomic E-state index is 0.309. The van der Waals surface area contributed by atoms with Crippen molar-refractivity contribution < 1.29 is 27.2 Å². The molecule has 9 heteroatoms. The van der Waals surface area contributed by atoms with E-state index in [1.54, 1.807) is 0 Å². The number of benzene rings is 1. The summed E-state index contributed by atoms with van der Waals surface area (Å²) in [5.41, 5.74) is 1.27. The number of likely N-dealkylation sites (N-methyl/N-ethyl adjacent to an activating group) is 1. The zero-order valence-electron chi connectivity index (χ0n) is 17.2. The van der Waals surface area contributed by atoms with Crippen molar-refractivity contribution in [3.8, 4) is 5.88 Å². The second kappa shape index (κ2) is 8.73. The third-order valence-corrected chi connectivity index (χ3v) is 6.43. The first-order valence-corrected chi connectivity index (χ1v) is 11.7. The van der Waals surface area contributed by atoms with Gasteiger partial charge in [-0.25, -0.2) is 17.9 Å². The second-order valence-electron chi connectivity index (χ2n) is 8.08. The highest BCUT2D eigenvalue weighted by molar-refractivity contribution is 7.88. The summed E-state index contributed by atoms with van der Waals surface area (Å²) in [6.07, 6.45) is 3.05. The number of aromatic nitrogens is 1. The molecule has 1 aliphatic heterocycles. The summed E-state index contributed by atoms with van der Waals surface area (Å²) in [6, 6.07) is 7.55. The van der Waals surface area contributed by atoms with Crippen molar-refractivity contribution >= 4 is 26.9 Å². The molecule has 0 amide bonds. The van der Waals surface area contributed by atoms with Crippen LogP contribution in [-0.2, 0) is 14.8 Å². The van der Waals surface area contributed by atoms with Crippen LogP contribution in [0.5, 0.6) is 5.88 Å². The number of likely N-dealkylation sites (tertiary alicyclic amines) is 1. The molecule has 0 bridgehead atoms. The normalized spacial score (nSPS) is 22.5. The first-order valence-electron chi connectivity index (χ1n) is 9.81. The summed E-state index contributed by atoms with van der Waals surface area (Å²) in [4.78, 5) is 15.8. The molecule has 160 valence electrons. The van der Waals surface area contributed by atoms with Crippen molar-refractivity contribution in [3.05, 3.63) is 29.8 Å². The number of ether oxygens (including phenoxy) is 2. The number of hydrogen-bond donors (Lipinski definition) is 2. The Morgan fingerprint density at radius 2 is 1.97 bits per heavy atom. The summed E-state index contributed by atoms with van der Waals surface area (Å²) in [6.45, 7) is 3.44. The number of carbonyl (C=O) groups is 1.